The first-order chi connectivity index (χ1) is 9.63. The third-order valence-electron chi connectivity index (χ3n) is 3.12. The van der Waals surface area contributed by atoms with Gasteiger partial charge in [-0.25, -0.2) is 4.39 Å². The fraction of sp³-hybridized carbons (Fsp3) is 0.357. The minimum Gasteiger partial charge on any atom is -0.481 e. The summed E-state index contributed by atoms with van der Waals surface area (Å²) >= 11 is 0. The number of aromatic nitrogens is 2. The Morgan fingerprint density at radius 2 is 2.30 bits per heavy atom. The molecule has 20 heavy (non-hydrogen) atoms. The number of benzene rings is 1. The Morgan fingerprint density at radius 1 is 1.50 bits per heavy atom. The van der Waals surface area contributed by atoms with Gasteiger partial charge in [-0.2, -0.15) is 4.98 Å². The zero-order valence-corrected chi connectivity index (χ0v) is 10.9. The van der Waals surface area contributed by atoms with Gasteiger partial charge in [-0.05, 0) is 38.0 Å². The molecule has 1 heterocycles. The monoisotopic (exact) mass is 276 g/mol. The van der Waals surface area contributed by atoms with Gasteiger partial charge in [-0.1, -0.05) is 5.16 Å². The number of ketones is 1. The predicted molar refractivity (Wildman–Crippen MR) is 67.0 cm³/mol. The average molecular weight is 276 g/mol. The molecule has 0 bridgehead atoms. The molecule has 0 radical (unpaired) electrons. The Bertz CT molecular complexity index is 650. The minimum atomic E-state index is -0.584. The number of Topliss-reactive ketones (excluding diaryl/α,β-unsaturated/α-hetero) is 1. The highest BCUT2D eigenvalue weighted by Crippen LogP contribution is 2.38. The molecule has 1 saturated carbocycles. The van der Waals surface area contributed by atoms with E-state index < -0.39 is 5.82 Å². The summed E-state index contributed by atoms with van der Waals surface area (Å²) in [4.78, 5) is 15.3. The first kappa shape index (κ1) is 12.8. The van der Waals surface area contributed by atoms with Crippen molar-refractivity contribution in [1.82, 2.24) is 10.1 Å². The van der Waals surface area contributed by atoms with E-state index >= 15 is 0 Å². The molecular weight excluding hydrogens is 263 g/mol. The molecule has 0 aliphatic heterocycles. The molecule has 0 saturated heterocycles. The lowest BCUT2D eigenvalue weighted by atomic mass is 10.1. The second-order valence-corrected chi connectivity index (χ2v) is 4.81. The third kappa shape index (κ3) is 2.68. The lowest BCUT2D eigenvalue weighted by Gasteiger charge is -2.05. The van der Waals surface area contributed by atoms with Crippen molar-refractivity contribution in [2.75, 3.05) is 0 Å². The van der Waals surface area contributed by atoms with Crippen molar-refractivity contribution in [3.63, 3.8) is 0 Å². The van der Waals surface area contributed by atoms with Gasteiger partial charge < -0.3 is 9.26 Å². The van der Waals surface area contributed by atoms with Crippen molar-refractivity contribution >= 4 is 5.78 Å². The molecule has 3 rings (SSSR count). The van der Waals surface area contributed by atoms with Gasteiger partial charge in [0.05, 0.1) is 0 Å². The minimum absolute atomic E-state index is 0.00998. The van der Waals surface area contributed by atoms with Crippen LogP contribution in [-0.2, 0) is 6.61 Å². The maximum Gasteiger partial charge on any atom is 0.264 e. The second-order valence-electron chi connectivity index (χ2n) is 4.81. The Labute approximate surface area is 114 Å². The van der Waals surface area contributed by atoms with Crippen LogP contribution in [0.15, 0.2) is 22.7 Å². The molecule has 0 spiro atoms. The summed E-state index contributed by atoms with van der Waals surface area (Å²) in [5.74, 6) is 0.694. The van der Waals surface area contributed by atoms with Gasteiger partial charge in [0.2, 0.25) is 0 Å². The molecule has 0 N–H and O–H groups in total. The third-order valence-corrected chi connectivity index (χ3v) is 3.12. The lowest BCUT2D eigenvalue weighted by molar-refractivity contribution is 0.101. The van der Waals surface area contributed by atoms with Gasteiger partial charge >= 0.3 is 0 Å². The molecule has 2 aromatic rings. The summed E-state index contributed by atoms with van der Waals surface area (Å²) in [6.45, 7) is 1.39. The van der Waals surface area contributed by atoms with Crippen LogP contribution in [-0.4, -0.2) is 15.9 Å². The number of hydrogen-bond donors (Lipinski definition) is 0. The van der Waals surface area contributed by atoms with E-state index in [1.807, 2.05) is 0 Å². The first-order valence-electron chi connectivity index (χ1n) is 6.39. The molecule has 1 aliphatic carbocycles. The highest BCUT2D eigenvalue weighted by Gasteiger charge is 2.28. The number of carbonyl (C=O) groups is 1. The van der Waals surface area contributed by atoms with Crippen LogP contribution in [0.2, 0.25) is 0 Å². The maximum atomic E-state index is 13.7. The summed E-state index contributed by atoms with van der Waals surface area (Å²) in [5, 5.41) is 3.85. The van der Waals surface area contributed by atoms with Crippen LogP contribution in [0.4, 0.5) is 4.39 Å². The van der Waals surface area contributed by atoms with E-state index in [4.69, 9.17) is 9.26 Å². The summed E-state index contributed by atoms with van der Waals surface area (Å²) in [5.41, 5.74) is 0.309. The molecule has 1 aromatic carbocycles. The number of hydrogen-bond acceptors (Lipinski definition) is 5. The number of halogens is 1. The molecule has 0 atom stereocenters. The number of ether oxygens (including phenoxy) is 1. The Kier molecular flexibility index (Phi) is 3.22. The second kappa shape index (κ2) is 5.03. The van der Waals surface area contributed by atoms with E-state index in [9.17, 15) is 9.18 Å². The average Bonchev–Trinajstić information content (AvgIpc) is 3.17. The number of carbonyl (C=O) groups excluding carboxylic acids is 1. The van der Waals surface area contributed by atoms with E-state index in [0.717, 1.165) is 18.9 Å². The van der Waals surface area contributed by atoms with Crippen molar-refractivity contribution < 1.29 is 18.4 Å². The normalized spacial score (nSPS) is 14.3. The van der Waals surface area contributed by atoms with Crippen molar-refractivity contribution in [2.24, 2.45) is 0 Å². The van der Waals surface area contributed by atoms with Crippen LogP contribution in [0, 0.1) is 5.82 Å². The molecule has 0 unspecified atom stereocenters. The molecule has 6 heteroatoms. The highest BCUT2D eigenvalue weighted by atomic mass is 19.1. The number of rotatable bonds is 5. The summed E-state index contributed by atoms with van der Waals surface area (Å²) in [6, 6.07) is 4.09. The largest absolute Gasteiger partial charge is 0.481 e. The standard InChI is InChI=1S/C14H13FN2O3/c1-8(18)10-4-5-12(11(15)6-10)19-7-13-16-14(17-20-13)9-2-3-9/h4-6,9H,2-3,7H2,1H3. The summed E-state index contributed by atoms with van der Waals surface area (Å²) in [7, 11) is 0. The van der Waals surface area contributed by atoms with Crippen molar-refractivity contribution in [3.05, 3.63) is 41.3 Å². The van der Waals surface area contributed by atoms with Gasteiger partial charge in [-0.3, -0.25) is 4.79 Å². The molecular formula is C14H13FN2O3. The van der Waals surface area contributed by atoms with Gasteiger partial charge in [0, 0.05) is 11.5 Å². The van der Waals surface area contributed by atoms with Crippen molar-refractivity contribution in [2.45, 2.75) is 32.3 Å². The van der Waals surface area contributed by atoms with Crippen LogP contribution >= 0.6 is 0 Å². The highest BCUT2D eigenvalue weighted by molar-refractivity contribution is 5.94. The van der Waals surface area contributed by atoms with Crippen LogP contribution < -0.4 is 4.74 Å². The van der Waals surface area contributed by atoms with Crippen molar-refractivity contribution in [1.29, 1.82) is 0 Å². The van der Waals surface area contributed by atoms with E-state index in [0.29, 0.717) is 23.2 Å². The van der Waals surface area contributed by atoms with E-state index in [-0.39, 0.29) is 18.1 Å². The topological polar surface area (TPSA) is 65.2 Å². The molecule has 0 amide bonds. The van der Waals surface area contributed by atoms with E-state index in [1.165, 1.54) is 19.1 Å². The summed E-state index contributed by atoms with van der Waals surface area (Å²) < 4.78 is 24.0. The predicted octanol–water partition coefficient (Wildman–Crippen LogP) is 2.87. The molecule has 104 valence electrons. The fourth-order valence-electron chi connectivity index (χ4n) is 1.81. The summed E-state index contributed by atoms with van der Waals surface area (Å²) in [6.07, 6.45) is 2.17. The van der Waals surface area contributed by atoms with Gasteiger partial charge in [0.25, 0.3) is 5.89 Å². The first-order valence-corrected chi connectivity index (χ1v) is 6.39. The number of nitrogens with zero attached hydrogens (tertiary/aromatic N) is 2. The van der Waals surface area contributed by atoms with E-state index in [1.54, 1.807) is 0 Å². The molecule has 1 aliphatic rings. The lowest BCUT2D eigenvalue weighted by Crippen LogP contribution is -2.00. The molecule has 5 nitrogen and oxygen atoms in total. The van der Waals surface area contributed by atoms with Crippen LogP contribution in [0.1, 0.15) is 47.8 Å². The SMILES string of the molecule is CC(=O)c1ccc(OCc2nc(C3CC3)no2)c(F)c1. The van der Waals surface area contributed by atoms with Crippen LogP contribution in [0.5, 0.6) is 5.75 Å². The Balaban J connectivity index is 1.66. The van der Waals surface area contributed by atoms with Gasteiger partial charge in [0.15, 0.2) is 29.8 Å². The Hall–Kier alpha value is -2.24. The van der Waals surface area contributed by atoms with E-state index in [2.05, 4.69) is 10.1 Å². The smallest absolute Gasteiger partial charge is 0.264 e. The quantitative estimate of drug-likeness (QED) is 0.786. The fourth-order valence-corrected chi connectivity index (χ4v) is 1.81. The Morgan fingerprint density at radius 3 is 2.95 bits per heavy atom. The van der Waals surface area contributed by atoms with Crippen molar-refractivity contribution in [3.8, 4) is 5.75 Å². The molecule has 1 aromatic heterocycles. The van der Waals surface area contributed by atoms with Crippen LogP contribution in [0.25, 0.3) is 0 Å². The van der Waals surface area contributed by atoms with Gasteiger partial charge in [-0.15, -0.1) is 0 Å². The zero-order valence-electron chi connectivity index (χ0n) is 10.9. The molecule has 1 fully saturated rings. The zero-order chi connectivity index (χ0) is 14.1. The maximum absolute atomic E-state index is 13.7. The van der Waals surface area contributed by atoms with Crippen LogP contribution in [0.3, 0.4) is 0 Å². The van der Waals surface area contributed by atoms with Gasteiger partial charge in [0.1, 0.15) is 0 Å².